The van der Waals surface area contributed by atoms with Gasteiger partial charge in [0.25, 0.3) is 5.91 Å². The summed E-state index contributed by atoms with van der Waals surface area (Å²) in [5, 5.41) is 14.2. The maximum atomic E-state index is 12.5. The van der Waals surface area contributed by atoms with Crippen LogP contribution in [-0.4, -0.2) is 11.0 Å². The van der Waals surface area contributed by atoms with Gasteiger partial charge in [-0.1, -0.05) is 24.3 Å². The third-order valence-corrected chi connectivity index (χ3v) is 3.56. The summed E-state index contributed by atoms with van der Waals surface area (Å²) < 4.78 is 0. The Balaban J connectivity index is 1.97. The number of phenolic OH excluding ortho intramolecular Hbond substituents is 1. The van der Waals surface area contributed by atoms with Crippen LogP contribution in [0, 0.1) is 0 Å². The minimum atomic E-state index is -0.211. The molecule has 0 heterocycles. The first kappa shape index (κ1) is 14.1. The quantitative estimate of drug-likeness (QED) is 0.649. The van der Waals surface area contributed by atoms with E-state index in [4.69, 9.17) is 5.73 Å². The van der Waals surface area contributed by atoms with E-state index in [1.165, 1.54) is 12.1 Å². The van der Waals surface area contributed by atoms with Gasteiger partial charge in [0.05, 0.1) is 0 Å². The van der Waals surface area contributed by atoms with Crippen LogP contribution < -0.4 is 11.1 Å². The Bertz CT molecular complexity index is 826. The molecule has 3 aromatic carbocycles. The second-order valence-electron chi connectivity index (χ2n) is 5.06. The van der Waals surface area contributed by atoms with Crippen LogP contribution in [0.15, 0.2) is 60.7 Å². The number of nitrogens with one attached hydrogen (secondary N) is 1. The maximum Gasteiger partial charge on any atom is 0.256 e. The largest absolute Gasteiger partial charge is 0.508 e. The maximum absolute atomic E-state index is 12.5. The van der Waals surface area contributed by atoms with Gasteiger partial charge in [-0.25, -0.2) is 0 Å². The van der Waals surface area contributed by atoms with E-state index in [-0.39, 0.29) is 11.7 Å². The van der Waals surface area contributed by atoms with E-state index in [0.29, 0.717) is 17.8 Å². The first-order valence-corrected chi connectivity index (χ1v) is 6.99. The van der Waals surface area contributed by atoms with Crippen molar-refractivity contribution in [1.82, 2.24) is 0 Å². The zero-order valence-electron chi connectivity index (χ0n) is 11.9. The molecule has 110 valence electrons. The van der Waals surface area contributed by atoms with Crippen LogP contribution in [-0.2, 0) is 6.54 Å². The Labute approximate surface area is 128 Å². The molecule has 4 N–H and O–H groups in total. The Kier molecular flexibility index (Phi) is 3.76. The van der Waals surface area contributed by atoms with E-state index in [1.807, 2.05) is 36.4 Å². The number of fused-ring (bicyclic) bond motifs is 1. The van der Waals surface area contributed by atoms with Crippen molar-refractivity contribution in [1.29, 1.82) is 0 Å². The lowest BCUT2D eigenvalue weighted by Gasteiger charge is -2.11. The topological polar surface area (TPSA) is 75.4 Å². The van der Waals surface area contributed by atoms with E-state index < -0.39 is 0 Å². The Hall–Kier alpha value is -2.85. The highest BCUT2D eigenvalue weighted by Crippen LogP contribution is 2.22. The number of anilines is 1. The van der Waals surface area contributed by atoms with Gasteiger partial charge in [-0.2, -0.15) is 0 Å². The molecule has 0 spiro atoms. The molecule has 4 heteroatoms. The molecule has 22 heavy (non-hydrogen) atoms. The number of carbonyl (C=O) groups excluding carboxylic acids is 1. The van der Waals surface area contributed by atoms with Gasteiger partial charge in [0.1, 0.15) is 5.75 Å². The normalized spacial score (nSPS) is 10.6. The Morgan fingerprint density at radius 2 is 1.64 bits per heavy atom. The molecule has 0 aliphatic carbocycles. The number of hydrogen-bond acceptors (Lipinski definition) is 3. The molecular formula is C18H16N2O2. The number of phenols is 1. The van der Waals surface area contributed by atoms with Gasteiger partial charge in [0.2, 0.25) is 0 Å². The van der Waals surface area contributed by atoms with Gasteiger partial charge in [-0.3, -0.25) is 4.79 Å². The van der Waals surface area contributed by atoms with E-state index in [9.17, 15) is 9.90 Å². The minimum absolute atomic E-state index is 0.159. The predicted molar refractivity (Wildman–Crippen MR) is 87.9 cm³/mol. The summed E-state index contributed by atoms with van der Waals surface area (Å²) in [6, 6.07) is 18.0. The van der Waals surface area contributed by atoms with E-state index in [2.05, 4.69) is 5.32 Å². The number of aromatic hydroxyl groups is 1. The van der Waals surface area contributed by atoms with E-state index >= 15 is 0 Å². The molecule has 0 saturated heterocycles. The van der Waals surface area contributed by atoms with Gasteiger partial charge < -0.3 is 16.2 Å². The number of hydrogen-bond donors (Lipinski definition) is 3. The third kappa shape index (κ3) is 2.77. The summed E-state index contributed by atoms with van der Waals surface area (Å²) in [5.41, 5.74) is 7.77. The fourth-order valence-electron chi connectivity index (χ4n) is 2.41. The van der Waals surface area contributed by atoms with Gasteiger partial charge in [-0.05, 0) is 52.7 Å². The monoisotopic (exact) mass is 292 g/mol. The van der Waals surface area contributed by atoms with Crippen molar-refractivity contribution in [3.05, 3.63) is 71.8 Å². The molecule has 0 atom stereocenters. The van der Waals surface area contributed by atoms with Crippen LogP contribution in [0.2, 0.25) is 0 Å². The first-order chi connectivity index (χ1) is 10.7. The fourth-order valence-corrected chi connectivity index (χ4v) is 2.41. The van der Waals surface area contributed by atoms with Crippen molar-refractivity contribution >= 4 is 22.4 Å². The van der Waals surface area contributed by atoms with Crippen LogP contribution in [0.25, 0.3) is 10.8 Å². The SMILES string of the molecule is NCc1cc2ccccc2cc1C(=O)Nc1ccc(O)cc1. The van der Waals surface area contributed by atoms with E-state index in [0.717, 1.165) is 16.3 Å². The molecule has 0 unspecified atom stereocenters. The molecule has 0 aliphatic heterocycles. The van der Waals surface area contributed by atoms with Gasteiger partial charge in [0.15, 0.2) is 0 Å². The average Bonchev–Trinajstić information content (AvgIpc) is 2.55. The zero-order valence-corrected chi connectivity index (χ0v) is 11.9. The second kappa shape index (κ2) is 5.87. The highest BCUT2D eigenvalue weighted by Gasteiger charge is 2.12. The molecule has 0 bridgehead atoms. The minimum Gasteiger partial charge on any atom is -0.508 e. The van der Waals surface area contributed by atoms with Crippen LogP contribution in [0.4, 0.5) is 5.69 Å². The zero-order chi connectivity index (χ0) is 15.5. The summed E-state index contributed by atoms with van der Waals surface area (Å²) in [6.45, 7) is 0.295. The highest BCUT2D eigenvalue weighted by atomic mass is 16.3. The lowest BCUT2D eigenvalue weighted by atomic mass is 10.00. The summed E-state index contributed by atoms with van der Waals surface area (Å²) in [5.74, 6) is -0.0526. The summed E-state index contributed by atoms with van der Waals surface area (Å²) in [7, 11) is 0. The standard InChI is InChI=1S/C18H16N2O2/c19-11-14-9-12-3-1-2-4-13(12)10-17(14)18(22)20-15-5-7-16(21)8-6-15/h1-10,21H,11,19H2,(H,20,22). The van der Waals surface area contributed by atoms with E-state index in [1.54, 1.807) is 12.1 Å². The highest BCUT2D eigenvalue weighted by molar-refractivity contribution is 6.07. The molecule has 0 fully saturated rings. The molecule has 3 rings (SSSR count). The van der Waals surface area contributed by atoms with Crippen molar-refractivity contribution in [2.75, 3.05) is 5.32 Å². The summed E-state index contributed by atoms with van der Waals surface area (Å²) >= 11 is 0. The fraction of sp³-hybridized carbons (Fsp3) is 0.0556. The van der Waals surface area contributed by atoms with Crippen molar-refractivity contribution in [3.8, 4) is 5.75 Å². The molecule has 0 aromatic heterocycles. The Morgan fingerprint density at radius 3 is 2.27 bits per heavy atom. The van der Waals surface area contributed by atoms with Gasteiger partial charge in [-0.15, -0.1) is 0 Å². The lowest BCUT2D eigenvalue weighted by Crippen LogP contribution is -2.15. The first-order valence-electron chi connectivity index (χ1n) is 6.99. The summed E-state index contributed by atoms with van der Waals surface area (Å²) in [4.78, 5) is 12.5. The van der Waals surface area contributed by atoms with Crippen molar-refractivity contribution in [3.63, 3.8) is 0 Å². The van der Waals surface area contributed by atoms with Gasteiger partial charge >= 0.3 is 0 Å². The molecule has 4 nitrogen and oxygen atoms in total. The molecule has 3 aromatic rings. The average molecular weight is 292 g/mol. The summed E-state index contributed by atoms with van der Waals surface area (Å²) in [6.07, 6.45) is 0. The molecule has 0 saturated carbocycles. The van der Waals surface area contributed by atoms with Crippen molar-refractivity contribution in [2.24, 2.45) is 5.73 Å². The van der Waals surface area contributed by atoms with Crippen molar-refractivity contribution < 1.29 is 9.90 Å². The molecular weight excluding hydrogens is 276 g/mol. The lowest BCUT2D eigenvalue weighted by molar-refractivity contribution is 0.102. The van der Waals surface area contributed by atoms with Gasteiger partial charge in [0, 0.05) is 17.8 Å². The third-order valence-electron chi connectivity index (χ3n) is 3.56. The van der Waals surface area contributed by atoms with Crippen LogP contribution in [0.3, 0.4) is 0 Å². The number of amides is 1. The van der Waals surface area contributed by atoms with Crippen LogP contribution >= 0.6 is 0 Å². The number of benzene rings is 3. The predicted octanol–water partition coefficient (Wildman–Crippen LogP) is 3.26. The number of rotatable bonds is 3. The molecule has 0 radical (unpaired) electrons. The molecule has 1 amide bonds. The van der Waals surface area contributed by atoms with Crippen LogP contribution in [0.1, 0.15) is 15.9 Å². The number of nitrogens with two attached hydrogens (primary N) is 1. The number of carbonyl (C=O) groups is 1. The molecule has 0 aliphatic rings. The second-order valence-corrected chi connectivity index (χ2v) is 5.06. The smallest absolute Gasteiger partial charge is 0.256 e. The van der Waals surface area contributed by atoms with Crippen LogP contribution in [0.5, 0.6) is 5.75 Å². The Morgan fingerprint density at radius 1 is 1.00 bits per heavy atom. The van der Waals surface area contributed by atoms with Crippen molar-refractivity contribution in [2.45, 2.75) is 6.54 Å².